The van der Waals surface area contributed by atoms with Crippen LogP contribution in [-0.2, 0) is 11.3 Å². The largest absolute Gasteiger partial charge is 0.495 e. The highest BCUT2D eigenvalue weighted by molar-refractivity contribution is 6.32. The van der Waals surface area contributed by atoms with Crippen LogP contribution in [-0.4, -0.2) is 48.5 Å². The van der Waals surface area contributed by atoms with E-state index in [9.17, 15) is 4.79 Å². The van der Waals surface area contributed by atoms with Crippen LogP contribution in [0, 0.1) is 11.8 Å². The summed E-state index contributed by atoms with van der Waals surface area (Å²) >= 11 is 6.25. The monoisotopic (exact) mass is 348 g/mol. The third-order valence-corrected chi connectivity index (χ3v) is 5.94. The lowest BCUT2D eigenvalue weighted by Crippen LogP contribution is -2.48. The summed E-state index contributed by atoms with van der Waals surface area (Å²) in [6.07, 6.45) is 4.80. The number of carbonyl (C=O) groups excluding carboxylic acids is 1. The van der Waals surface area contributed by atoms with Crippen LogP contribution >= 0.6 is 11.6 Å². The molecule has 4 aliphatic rings. The minimum absolute atomic E-state index is 0.177. The Balaban J connectivity index is 1.47. The lowest BCUT2D eigenvalue weighted by molar-refractivity contribution is -0.140. The van der Waals surface area contributed by atoms with Gasteiger partial charge in [0.2, 0.25) is 5.91 Å². The van der Waals surface area contributed by atoms with Gasteiger partial charge in [0.05, 0.1) is 18.1 Å². The van der Waals surface area contributed by atoms with Gasteiger partial charge in [0, 0.05) is 32.2 Å². The van der Waals surface area contributed by atoms with Crippen molar-refractivity contribution in [3.8, 4) is 5.75 Å². The number of rotatable bonds is 5. The van der Waals surface area contributed by atoms with Crippen molar-refractivity contribution < 1.29 is 9.53 Å². The number of ether oxygens (including phenoxy) is 1. The molecule has 3 aliphatic heterocycles. The molecule has 3 heterocycles. The molecule has 4 fully saturated rings. The lowest BCUT2D eigenvalue weighted by Gasteiger charge is -2.36. The van der Waals surface area contributed by atoms with Crippen molar-refractivity contribution in [2.24, 2.45) is 11.8 Å². The zero-order valence-corrected chi connectivity index (χ0v) is 15.0. The summed E-state index contributed by atoms with van der Waals surface area (Å²) in [6, 6.07) is 6.37. The van der Waals surface area contributed by atoms with Crippen molar-refractivity contribution in [2.75, 3.05) is 26.7 Å². The first kappa shape index (κ1) is 16.2. The van der Waals surface area contributed by atoms with E-state index in [4.69, 9.17) is 16.3 Å². The maximum absolute atomic E-state index is 12.8. The molecule has 1 saturated carbocycles. The van der Waals surface area contributed by atoms with Crippen LogP contribution in [0.1, 0.15) is 31.2 Å². The van der Waals surface area contributed by atoms with Crippen molar-refractivity contribution in [1.82, 2.24) is 9.80 Å². The maximum atomic E-state index is 12.8. The summed E-state index contributed by atoms with van der Waals surface area (Å²) in [7, 11) is 1.63. The van der Waals surface area contributed by atoms with Gasteiger partial charge in [0.15, 0.2) is 0 Å². The summed E-state index contributed by atoms with van der Waals surface area (Å²) in [5.74, 6) is 2.05. The SMILES string of the molecule is COc1ccc(CN2CC3CCC(C2)N(CC2CC2)C3=O)cc1Cl. The summed E-state index contributed by atoms with van der Waals surface area (Å²) < 4.78 is 5.23. The van der Waals surface area contributed by atoms with Crippen LogP contribution in [0.2, 0.25) is 5.02 Å². The van der Waals surface area contributed by atoms with Gasteiger partial charge in [-0.05, 0) is 49.3 Å². The molecular weight excluding hydrogens is 324 g/mol. The fourth-order valence-corrected chi connectivity index (χ4v) is 4.42. The Hall–Kier alpha value is -1.26. The highest BCUT2D eigenvalue weighted by Crippen LogP contribution is 2.36. The third kappa shape index (κ3) is 3.27. The Morgan fingerprint density at radius 3 is 2.75 bits per heavy atom. The molecule has 1 amide bonds. The Labute approximate surface area is 148 Å². The first-order valence-electron chi connectivity index (χ1n) is 8.99. The van der Waals surface area contributed by atoms with Crippen LogP contribution in [0.4, 0.5) is 0 Å². The highest BCUT2D eigenvalue weighted by Gasteiger charge is 2.42. The number of hydrogen-bond donors (Lipinski definition) is 0. The van der Waals surface area contributed by atoms with Gasteiger partial charge in [-0.15, -0.1) is 0 Å². The second kappa shape index (κ2) is 6.57. The van der Waals surface area contributed by atoms with E-state index in [-0.39, 0.29) is 5.92 Å². The summed E-state index contributed by atoms with van der Waals surface area (Å²) in [5, 5.41) is 0.652. The molecule has 1 aromatic rings. The van der Waals surface area contributed by atoms with E-state index < -0.39 is 0 Å². The number of carbonyl (C=O) groups is 1. The van der Waals surface area contributed by atoms with E-state index in [0.29, 0.717) is 22.7 Å². The molecule has 24 heavy (non-hydrogen) atoms. The predicted octanol–water partition coefficient (Wildman–Crippen LogP) is 3.18. The molecule has 0 spiro atoms. The molecule has 130 valence electrons. The lowest BCUT2D eigenvalue weighted by atomic mass is 9.94. The van der Waals surface area contributed by atoms with Crippen LogP contribution in [0.15, 0.2) is 18.2 Å². The van der Waals surface area contributed by atoms with Gasteiger partial charge in [-0.1, -0.05) is 17.7 Å². The molecule has 0 aromatic heterocycles. The first-order valence-corrected chi connectivity index (χ1v) is 9.37. The highest BCUT2D eigenvalue weighted by atomic mass is 35.5. The zero-order valence-electron chi connectivity index (χ0n) is 14.2. The quantitative estimate of drug-likeness (QED) is 0.819. The zero-order chi connectivity index (χ0) is 16.7. The van der Waals surface area contributed by atoms with Gasteiger partial charge < -0.3 is 9.64 Å². The van der Waals surface area contributed by atoms with Gasteiger partial charge >= 0.3 is 0 Å². The summed E-state index contributed by atoms with van der Waals surface area (Å²) in [5.41, 5.74) is 1.18. The van der Waals surface area contributed by atoms with Crippen molar-refractivity contribution >= 4 is 17.5 Å². The van der Waals surface area contributed by atoms with Crippen molar-refractivity contribution in [3.63, 3.8) is 0 Å². The second-order valence-electron chi connectivity index (χ2n) is 7.53. The van der Waals surface area contributed by atoms with Crippen LogP contribution in [0.3, 0.4) is 0 Å². The molecular formula is C19H25ClN2O2. The van der Waals surface area contributed by atoms with Crippen LogP contribution < -0.4 is 4.74 Å². The van der Waals surface area contributed by atoms with Crippen molar-refractivity contribution in [3.05, 3.63) is 28.8 Å². The fraction of sp³-hybridized carbons (Fsp3) is 0.632. The number of nitrogens with zero attached hydrogens (tertiary/aromatic N) is 2. The minimum atomic E-state index is 0.177. The Bertz CT molecular complexity index is 632. The average molecular weight is 349 g/mol. The normalized spacial score (nSPS) is 27.4. The van der Waals surface area contributed by atoms with E-state index in [2.05, 4.69) is 15.9 Å². The topological polar surface area (TPSA) is 32.8 Å². The second-order valence-corrected chi connectivity index (χ2v) is 7.93. The predicted molar refractivity (Wildman–Crippen MR) is 94.2 cm³/mol. The fourth-order valence-electron chi connectivity index (χ4n) is 4.14. The van der Waals surface area contributed by atoms with Gasteiger partial charge in [-0.2, -0.15) is 0 Å². The van der Waals surface area contributed by atoms with Gasteiger partial charge in [-0.25, -0.2) is 0 Å². The Morgan fingerprint density at radius 2 is 2.04 bits per heavy atom. The molecule has 5 rings (SSSR count). The summed E-state index contributed by atoms with van der Waals surface area (Å²) in [6.45, 7) is 3.70. The number of benzene rings is 1. The molecule has 2 unspecified atom stereocenters. The minimum Gasteiger partial charge on any atom is -0.495 e. The van der Waals surface area contributed by atoms with Gasteiger partial charge in [0.1, 0.15) is 5.75 Å². The van der Waals surface area contributed by atoms with Crippen LogP contribution in [0.5, 0.6) is 5.75 Å². The number of piperidine rings is 1. The molecule has 1 aromatic carbocycles. The van der Waals surface area contributed by atoms with E-state index in [1.807, 2.05) is 12.1 Å². The molecule has 1 aliphatic carbocycles. The molecule has 4 nitrogen and oxygen atoms in total. The van der Waals surface area contributed by atoms with Crippen molar-refractivity contribution in [1.29, 1.82) is 0 Å². The standard InChI is InChI=1S/C19H25ClN2O2/c1-24-18-7-4-14(8-17(18)20)9-21-11-15-5-6-16(12-21)22(19(15)23)10-13-2-3-13/h4,7-8,13,15-16H,2-3,5-6,9-12H2,1H3. The first-order chi connectivity index (χ1) is 11.6. The molecule has 2 bridgehead atoms. The molecule has 2 atom stereocenters. The molecule has 0 radical (unpaired) electrons. The van der Waals surface area contributed by atoms with Gasteiger partial charge in [-0.3, -0.25) is 9.69 Å². The van der Waals surface area contributed by atoms with E-state index in [0.717, 1.165) is 44.9 Å². The smallest absolute Gasteiger partial charge is 0.227 e. The number of fused-ring (bicyclic) bond motifs is 4. The van der Waals surface area contributed by atoms with Crippen molar-refractivity contribution in [2.45, 2.75) is 38.3 Å². The van der Waals surface area contributed by atoms with Crippen LogP contribution in [0.25, 0.3) is 0 Å². The third-order valence-electron chi connectivity index (χ3n) is 5.64. The van der Waals surface area contributed by atoms with Gasteiger partial charge in [0.25, 0.3) is 0 Å². The molecule has 3 saturated heterocycles. The molecule has 5 heteroatoms. The maximum Gasteiger partial charge on any atom is 0.227 e. The number of methoxy groups -OCH3 is 1. The number of hydrogen-bond acceptors (Lipinski definition) is 3. The number of amides is 1. The summed E-state index contributed by atoms with van der Waals surface area (Å²) in [4.78, 5) is 17.4. The molecule has 0 N–H and O–H groups in total. The number of halogens is 1. The van der Waals surface area contributed by atoms with E-state index in [1.165, 1.54) is 18.4 Å². The Kier molecular flexibility index (Phi) is 4.44. The van der Waals surface area contributed by atoms with E-state index in [1.54, 1.807) is 7.11 Å². The average Bonchev–Trinajstić information content (AvgIpc) is 3.39. The Morgan fingerprint density at radius 1 is 1.21 bits per heavy atom. The van der Waals surface area contributed by atoms with E-state index >= 15 is 0 Å².